The van der Waals surface area contributed by atoms with E-state index in [1.165, 1.54) is 6.92 Å². The van der Waals surface area contributed by atoms with Crippen molar-refractivity contribution in [3.63, 3.8) is 0 Å². The van der Waals surface area contributed by atoms with Gasteiger partial charge in [-0.25, -0.2) is 0 Å². The molecular formula is C12H25NO4S. The Morgan fingerprint density at radius 2 is 1.94 bits per heavy atom. The highest BCUT2D eigenvalue weighted by Crippen LogP contribution is 2.23. The first-order chi connectivity index (χ1) is 8.18. The second-order valence-corrected chi connectivity index (χ2v) is 7.03. The maximum absolute atomic E-state index is 11.6. The first kappa shape index (κ1) is 17.4. The molecule has 0 aliphatic heterocycles. The fraction of sp³-hybridized carbons (Fsp3) is 0.917. The number of carbonyl (C=O) groups is 1. The number of amides is 1. The first-order valence-corrected chi connectivity index (χ1v) is 7.88. The van der Waals surface area contributed by atoms with Gasteiger partial charge in [0.15, 0.2) is 0 Å². The molecule has 6 heteroatoms. The van der Waals surface area contributed by atoms with Gasteiger partial charge < -0.3 is 5.32 Å². The van der Waals surface area contributed by atoms with Gasteiger partial charge in [-0.15, -0.1) is 0 Å². The quantitative estimate of drug-likeness (QED) is 0.515. The normalized spacial score (nSPS) is 12.4. The molecule has 0 aliphatic rings. The van der Waals surface area contributed by atoms with Crippen LogP contribution in [-0.4, -0.2) is 33.2 Å². The lowest BCUT2D eigenvalue weighted by Crippen LogP contribution is -2.26. The van der Waals surface area contributed by atoms with Crippen LogP contribution in [0.25, 0.3) is 0 Å². The van der Waals surface area contributed by atoms with Gasteiger partial charge in [0.25, 0.3) is 10.1 Å². The van der Waals surface area contributed by atoms with Crippen molar-refractivity contribution in [1.29, 1.82) is 0 Å². The second-order valence-electron chi connectivity index (χ2n) is 5.27. The van der Waals surface area contributed by atoms with Gasteiger partial charge >= 0.3 is 0 Å². The molecule has 1 N–H and O–H groups in total. The average molecular weight is 279 g/mol. The third-order valence-electron chi connectivity index (χ3n) is 2.50. The predicted octanol–water partition coefficient (Wildman–Crippen LogP) is 1.69. The molecule has 0 aromatic heterocycles. The van der Waals surface area contributed by atoms with Crippen molar-refractivity contribution in [2.45, 2.75) is 47.0 Å². The van der Waals surface area contributed by atoms with Gasteiger partial charge in [0.05, 0.1) is 12.4 Å². The van der Waals surface area contributed by atoms with Crippen LogP contribution < -0.4 is 5.32 Å². The van der Waals surface area contributed by atoms with Crippen LogP contribution in [0.1, 0.15) is 47.0 Å². The van der Waals surface area contributed by atoms with Crippen LogP contribution in [0.2, 0.25) is 0 Å². The molecule has 0 saturated heterocycles. The fourth-order valence-corrected chi connectivity index (χ4v) is 2.68. The maximum atomic E-state index is 11.6. The molecule has 0 aromatic carbocycles. The van der Waals surface area contributed by atoms with Crippen LogP contribution in [-0.2, 0) is 19.1 Å². The van der Waals surface area contributed by atoms with E-state index in [-0.39, 0.29) is 23.7 Å². The van der Waals surface area contributed by atoms with Crippen LogP contribution in [0.15, 0.2) is 0 Å². The van der Waals surface area contributed by atoms with E-state index in [1.54, 1.807) is 0 Å². The molecule has 0 rings (SSSR count). The Labute approximate surface area is 110 Å². The first-order valence-electron chi connectivity index (χ1n) is 6.30. The van der Waals surface area contributed by atoms with Crippen molar-refractivity contribution in [1.82, 2.24) is 5.32 Å². The summed E-state index contributed by atoms with van der Waals surface area (Å²) in [4.78, 5) is 10.6. The number of rotatable bonds is 9. The van der Waals surface area contributed by atoms with E-state index in [9.17, 15) is 13.2 Å². The molecule has 0 bridgehead atoms. The zero-order chi connectivity index (χ0) is 14.2. The highest BCUT2D eigenvalue weighted by atomic mass is 32.2. The summed E-state index contributed by atoms with van der Waals surface area (Å²) in [6.07, 6.45) is 2.30. The molecule has 0 saturated carbocycles. The molecule has 0 radical (unpaired) electrons. The summed E-state index contributed by atoms with van der Waals surface area (Å²) >= 11 is 0. The maximum Gasteiger partial charge on any atom is 0.267 e. The van der Waals surface area contributed by atoms with Gasteiger partial charge in [-0.2, -0.15) is 8.42 Å². The average Bonchev–Trinajstić information content (AvgIpc) is 2.22. The summed E-state index contributed by atoms with van der Waals surface area (Å²) in [5, 5.41) is 2.55. The molecule has 0 aliphatic carbocycles. The molecule has 0 aromatic rings. The van der Waals surface area contributed by atoms with Crippen LogP contribution in [0.3, 0.4) is 0 Å². The van der Waals surface area contributed by atoms with E-state index in [1.807, 2.05) is 13.8 Å². The number of carbonyl (C=O) groups excluding carboxylic acids is 1. The molecule has 18 heavy (non-hydrogen) atoms. The predicted molar refractivity (Wildman–Crippen MR) is 71.7 cm³/mol. The lowest BCUT2D eigenvalue weighted by atomic mass is 9.89. The molecule has 0 spiro atoms. The van der Waals surface area contributed by atoms with E-state index in [2.05, 4.69) is 12.2 Å². The SMILES string of the molecule is CCCC(C)(C)COS(=O)(=O)CCCNC(C)=O. The van der Waals surface area contributed by atoms with E-state index in [0.717, 1.165) is 12.8 Å². The van der Waals surface area contributed by atoms with Gasteiger partial charge in [0.2, 0.25) is 5.91 Å². The molecule has 0 atom stereocenters. The summed E-state index contributed by atoms with van der Waals surface area (Å²) < 4.78 is 28.2. The minimum atomic E-state index is -3.48. The van der Waals surface area contributed by atoms with Crippen molar-refractivity contribution in [3.8, 4) is 0 Å². The Kier molecular flexibility index (Phi) is 7.47. The highest BCUT2D eigenvalue weighted by molar-refractivity contribution is 7.86. The van der Waals surface area contributed by atoms with Gasteiger partial charge in [0, 0.05) is 13.5 Å². The van der Waals surface area contributed by atoms with Crippen LogP contribution in [0.4, 0.5) is 0 Å². The number of hydrogen-bond acceptors (Lipinski definition) is 4. The van der Waals surface area contributed by atoms with Crippen molar-refractivity contribution >= 4 is 16.0 Å². The van der Waals surface area contributed by atoms with Crippen LogP contribution >= 0.6 is 0 Å². The van der Waals surface area contributed by atoms with Gasteiger partial charge in [-0.05, 0) is 18.3 Å². The van der Waals surface area contributed by atoms with Crippen LogP contribution in [0.5, 0.6) is 0 Å². The van der Waals surface area contributed by atoms with Crippen LogP contribution in [0, 0.1) is 5.41 Å². The Morgan fingerprint density at radius 3 is 2.44 bits per heavy atom. The van der Waals surface area contributed by atoms with E-state index in [4.69, 9.17) is 4.18 Å². The standard InChI is InChI=1S/C12H25NO4S/c1-5-7-12(3,4)10-17-18(15,16)9-6-8-13-11(2)14/h5-10H2,1-4H3,(H,13,14). The Bertz CT molecular complexity index is 349. The van der Waals surface area contributed by atoms with Gasteiger partial charge in [0.1, 0.15) is 0 Å². The minimum Gasteiger partial charge on any atom is -0.356 e. The molecule has 1 amide bonds. The van der Waals surface area contributed by atoms with E-state index < -0.39 is 10.1 Å². The number of hydrogen-bond donors (Lipinski definition) is 1. The van der Waals surface area contributed by atoms with E-state index >= 15 is 0 Å². The minimum absolute atomic E-state index is 0.0600. The fourth-order valence-electron chi connectivity index (χ4n) is 1.57. The summed E-state index contributed by atoms with van der Waals surface area (Å²) in [5.74, 6) is -0.215. The van der Waals surface area contributed by atoms with Crippen molar-refractivity contribution in [2.75, 3.05) is 18.9 Å². The molecule has 5 nitrogen and oxygen atoms in total. The van der Waals surface area contributed by atoms with Crippen molar-refractivity contribution in [3.05, 3.63) is 0 Å². The molecule has 0 unspecified atom stereocenters. The monoisotopic (exact) mass is 279 g/mol. The second kappa shape index (κ2) is 7.74. The lowest BCUT2D eigenvalue weighted by molar-refractivity contribution is -0.118. The zero-order valence-corrected chi connectivity index (χ0v) is 12.6. The molecule has 108 valence electrons. The van der Waals surface area contributed by atoms with Gasteiger partial charge in [-0.1, -0.05) is 27.2 Å². The lowest BCUT2D eigenvalue weighted by Gasteiger charge is -2.23. The largest absolute Gasteiger partial charge is 0.356 e. The Hall–Kier alpha value is -0.620. The molecular weight excluding hydrogens is 254 g/mol. The van der Waals surface area contributed by atoms with E-state index in [0.29, 0.717) is 13.0 Å². The Morgan fingerprint density at radius 1 is 1.33 bits per heavy atom. The third-order valence-corrected chi connectivity index (χ3v) is 3.77. The van der Waals surface area contributed by atoms with Gasteiger partial charge in [-0.3, -0.25) is 8.98 Å². The zero-order valence-electron chi connectivity index (χ0n) is 11.8. The summed E-state index contributed by atoms with van der Waals surface area (Å²) in [6, 6.07) is 0. The summed E-state index contributed by atoms with van der Waals surface area (Å²) in [5.41, 5.74) is -0.126. The third kappa shape index (κ3) is 9.41. The number of nitrogens with one attached hydrogen (secondary N) is 1. The van der Waals surface area contributed by atoms with Crippen molar-refractivity contribution < 1.29 is 17.4 Å². The smallest absolute Gasteiger partial charge is 0.267 e. The summed E-state index contributed by atoms with van der Waals surface area (Å²) in [6.45, 7) is 8.01. The molecule has 0 heterocycles. The van der Waals surface area contributed by atoms with Crippen molar-refractivity contribution in [2.24, 2.45) is 5.41 Å². The Balaban J connectivity index is 3.97. The topological polar surface area (TPSA) is 72.5 Å². The molecule has 0 fully saturated rings. The highest BCUT2D eigenvalue weighted by Gasteiger charge is 2.21. The summed E-state index contributed by atoms with van der Waals surface area (Å²) in [7, 11) is -3.48.